The van der Waals surface area contributed by atoms with Gasteiger partial charge in [0.15, 0.2) is 0 Å². The zero-order valence-corrected chi connectivity index (χ0v) is 8.81. The van der Waals surface area contributed by atoms with Crippen molar-refractivity contribution >= 4 is 17.8 Å². The second-order valence-electron chi connectivity index (χ2n) is 3.91. The van der Waals surface area contributed by atoms with E-state index >= 15 is 0 Å². The zero-order chi connectivity index (χ0) is 11.5. The first-order valence-electron chi connectivity index (χ1n) is 5.34. The molecule has 2 rings (SSSR count). The first-order chi connectivity index (χ1) is 7.68. The zero-order valence-electron chi connectivity index (χ0n) is 8.81. The molecule has 2 fully saturated rings. The first-order valence-corrected chi connectivity index (χ1v) is 5.34. The molecule has 0 bridgehead atoms. The number of rotatable bonds is 2. The Balaban J connectivity index is 1.90. The monoisotopic (exact) mass is 227 g/mol. The average Bonchev–Trinajstić information content (AvgIpc) is 2.62. The molecule has 0 N–H and O–H groups in total. The summed E-state index contributed by atoms with van der Waals surface area (Å²) in [6.07, 6.45) is 1.71. The molecule has 0 aromatic carbocycles. The first kappa shape index (κ1) is 11.1. The van der Waals surface area contributed by atoms with Gasteiger partial charge in [-0.3, -0.25) is 9.59 Å². The van der Waals surface area contributed by atoms with Gasteiger partial charge < -0.3 is 9.57 Å². The van der Waals surface area contributed by atoms with Gasteiger partial charge in [-0.2, -0.15) is 0 Å². The maximum absolute atomic E-state index is 11.6. The predicted molar refractivity (Wildman–Crippen MR) is 50.7 cm³/mol. The van der Waals surface area contributed by atoms with Gasteiger partial charge in [0.2, 0.25) is 0 Å². The fourth-order valence-corrected chi connectivity index (χ4v) is 1.75. The molecule has 2 saturated heterocycles. The largest absolute Gasteiger partial charge is 0.381 e. The highest BCUT2D eigenvalue weighted by atomic mass is 16.7. The number of nitrogens with zero attached hydrogens (tertiary/aromatic N) is 1. The van der Waals surface area contributed by atoms with Crippen LogP contribution in [0.25, 0.3) is 0 Å². The van der Waals surface area contributed by atoms with Gasteiger partial charge >= 0.3 is 5.97 Å². The van der Waals surface area contributed by atoms with Crippen LogP contribution in [0.5, 0.6) is 0 Å². The number of ether oxygens (including phenoxy) is 1. The molecule has 2 aliphatic heterocycles. The molecule has 1 atom stereocenters. The summed E-state index contributed by atoms with van der Waals surface area (Å²) in [5, 5.41) is 0.580. The molecule has 0 radical (unpaired) electrons. The Labute approximate surface area is 92.4 Å². The normalized spacial score (nSPS) is 26.0. The molecule has 16 heavy (non-hydrogen) atoms. The van der Waals surface area contributed by atoms with E-state index in [4.69, 9.17) is 9.57 Å². The minimum absolute atomic E-state index is 0.118. The van der Waals surface area contributed by atoms with Crippen LogP contribution in [0, 0.1) is 5.92 Å². The van der Waals surface area contributed by atoms with Gasteiger partial charge in [0.05, 0.1) is 12.5 Å². The van der Waals surface area contributed by atoms with Crippen molar-refractivity contribution < 1.29 is 24.0 Å². The topological polar surface area (TPSA) is 72.9 Å². The number of amides is 2. The van der Waals surface area contributed by atoms with Crippen LogP contribution in [0.3, 0.4) is 0 Å². The molecular weight excluding hydrogens is 214 g/mol. The van der Waals surface area contributed by atoms with Crippen LogP contribution in [-0.4, -0.2) is 36.1 Å². The third-order valence-electron chi connectivity index (χ3n) is 2.68. The fraction of sp³-hybridized carbons (Fsp3) is 0.700. The van der Waals surface area contributed by atoms with E-state index in [1.807, 2.05) is 0 Å². The predicted octanol–water partition coefficient (Wildman–Crippen LogP) is 0.0202. The minimum Gasteiger partial charge on any atom is -0.381 e. The molecule has 0 aromatic rings. The molecule has 6 nitrogen and oxygen atoms in total. The summed E-state index contributed by atoms with van der Waals surface area (Å²) in [6.45, 7) is 0.945. The Morgan fingerprint density at radius 3 is 2.56 bits per heavy atom. The Hall–Kier alpha value is -1.43. The maximum Gasteiger partial charge on any atom is 0.338 e. The molecule has 6 heteroatoms. The van der Waals surface area contributed by atoms with E-state index < -0.39 is 17.8 Å². The van der Waals surface area contributed by atoms with E-state index in [9.17, 15) is 14.4 Å². The Morgan fingerprint density at radius 2 is 2.00 bits per heavy atom. The standard InChI is InChI=1S/C10H13NO5/c12-8-3-4-9(13)11(8)16-10(14)7-2-1-5-15-6-7/h7H,1-6H2/t7-/m0/s1. The van der Waals surface area contributed by atoms with Gasteiger partial charge in [0.25, 0.3) is 11.8 Å². The van der Waals surface area contributed by atoms with Gasteiger partial charge in [-0.25, -0.2) is 4.79 Å². The van der Waals surface area contributed by atoms with E-state index in [0.29, 0.717) is 24.7 Å². The van der Waals surface area contributed by atoms with Crippen molar-refractivity contribution in [2.75, 3.05) is 13.2 Å². The van der Waals surface area contributed by atoms with E-state index in [1.165, 1.54) is 0 Å². The van der Waals surface area contributed by atoms with Crippen LogP contribution in [-0.2, 0) is 24.0 Å². The number of hydrogen-bond donors (Lipinski definition) is 0. The van der Waals surface area contributed by atoms with Crippen molar-refractivity contribution in [2.45, 2.75) is 25.7 Å². The molecule has 0 aliphatic carbocycles. The van der Waals surface area contributed by atoms with Crippen LogP contribution in [0.4, 0.5) is 0 Å². The fourth-order valence-electron chi connectivity index (χ4n) is 1.75. The molecule has 0 saturated carbocycles. The molecular formula is C10H13NO5. The lowest BCUT2D eigenvalue weighted by molar-refractivity contribution is -0.202. The number of hydrogen-bond acceptors (Lipinski definition) is 5. The molecule has 88 valence electrons. The quantitative estimate of drug-likeness (QED) is 0.622. The van der Waals surface area contributed by atoms with Crippen LogP contribution in [0.1, 0.15) is 25.7 Å². The van der Waals surface area contributed by atoms with Crippen LogP contribution in [0.2, 0.25) is 0 Å². The molecule has 2 amide bonds. The van der Waals surface area contributed by atoms with Crippen LogP contribution in [0.15, 0.2) is 0 Å². The van der Waals surface area contributed by atoms with E-state index in [2.05, 4.69) is 0 Å². The Morgan fingerprint density at radius 1 is 1.31 bits per heavy atom. The highest BCUT2D eigenvalue weighted by molar-refractivity contribution is 6.01. The highest BCUT2D eigenvalue weighted by Gasteiger charge is 2.35. The van der Waals surface area contributed by atoms with Crippen molar-refractivity contribution in [1.82, 2.24) is 5.06 Å². The SMILES string of the molecule is O=C(ON1C(=O)CCC1=O)[C@H]1CCCOC1. The van der Waals surface area contributed by atoms with E-state index in [0.717, 1.165) is 6.42 Å². The van der Waals surface area contributed by atoms with Gasteiger partial charge in [-0.05, 0) is 12.8 Å². The van der Waals surface area contributed by atoms with Crippen LogP contribution < -0.4 is 0 Å². The number of carbonyl (C=O) groups is 3. The van der Waals surface area contributed by atoms with Crippen molar-refractivity contribution in [3.05, 3.63) is 0 Å². The summed E-state index contributed by atoms with van der Waals surface area (Å²) < 4.78 is 5.13. The maximum atomic E-state index is 11.6. The van der Waals surface area contributed by atoms with Gasteiger partial charge in [0, 0.05) is 19.4 Å². The summed E-state index contributed by atoms with van der Waals surface area (Å²) in [7, 11) is 0. The Bertz CT molecular complexity index is 305. The minimum atomic E-state index is -0.552. The molecule has 2 heterocycles. The lowest BCUT2D eigenvalue weighted by Gasteiger charge is -2.22. The summed E-state index contributed by atoms with van der Waals surface area (Å²) >= 11 is 0. The molecule has 0 spiro atoms. The smallest absolute Gasteiger partial charge is 0.338 e. The lowest BCUT2D eigenvalue weighted by atomic mass is 10.0. The van der Waals surface area contributed by atoms with E-state index in [1.54, 1.807) is 0 Å². The summed E-state index contributed by atoms with van der Waals surface area (Å²) in [5.74, 6) is -1.82. The number of carbonyl (C=O) groups excluding carboxylic acids is 3. The Kier molecular flexibility index (Phi) is 3.19. The van der Waals surface area contributed by atoms with Crippen molar-refractivity contribution in [2.24, 2.45) is 5.92 Å². The third-order valence-corrected chi connectivity index (χ3v) is 2.68. The van der Waals surface area contributed by atoms with Crippen molar-refractivity contribution in [3.8, 4) is 0 Å². The second-order valence-corrected chi connectivity index (χ2v) is 3.91. The highest BCUT2D eigenvalue weighted by Crippen LogP contribution is 2.18. The summed E-state index contributed by atoms with van der Waals surface area (Å²) in [5.41, 5.74) is 0. The summed E-state index contributed by atoms with van der Waals surface area (Å²) in [6, 6.07) is 0. The second kappa shape index (κ2) is 4.61. The molecule has 0 aromatic heterocycles. The molecule has 2 aliphatic rings. The van der Waals surface area contributed by atoms with Crippen molar-refractivity contribution in [3.63, 3.8) is 0 Å². The number of hydroxylamine groups is 2. The molecule has 0 unspecified atom stereocenters. The van der Waals surface area contributed by atoms with E-state index in [-0.39, 0.29) is 18.8 Å². The lowest BCUT2D eigenvalue weighted by Crippen LogP contribution is -2.36. The van der Waals surface area contributed by atoms with Gasteiger partial charge in [-0.15, -0.1) is 5.06 Å². The van der Waals surface area contributed by atoms with Crippen LogP contribution >= 0.6 is 0 Å². The average molecular weight is 227 g/mol. The number of imide groups is 1. The summed E-state index contributed by atoms with van der Waals surface area (Å²) in [4.78, 5) is 38.8. The van der Waals surface area contributed by atoms with Gasteiger partial charge in [0.1, 0.15) is 0 Å². The third kappa shape index (κ3) is 2.21. The van der Waals surface area contributed by atoms with Gasteiger partial charge in [-0.1, -0.05) is 0 Å². The van der Waals surface area contributed by atoms with Crippen molar-refractivity contribution in [1.29, 1.82) is 0 Å².